The van der Waals surface area contributed by atoms with Crippen LogP contribution < -0.4 is 14.8 Å². The molecule has 1 N–H and O–H groups in total. The predicted molar refractivity (Wildman–Crippen MR) is 129 cm³/mol. The third-order valence-electron chi connectivity index (χ3n) is 7.40. The number of carbonyl (C=O) groups excluding carboxylic acids is 3. The van der Waals surface area contributed by atoms with Crippen molar-refractivity contribution in [1.29, 1.82) is 0 Å². The van der Waals surface area contributed by atoms with E-state index in [0.29, 0.717) is 17.4 Å². The van der Waals surface area contributed by atoms with Crippen molar-refractivity contribution in [2.45, 2.75) is 71.1 Å². The summed E-state index contributed by atoms with van der Waals surface area (Å²) in [5.41, 5.74) is -0.122. The molecule has 0 spiro atoms. The molecule has 0 radical (unpaired) electrons. The lowest BCUT2D eigenvalue weighted by atomic mass is 9.86. The van der Waals surface area contributed by atoms with Crippen LogP contribution in [0, 0.1) is 5.92 Å². The number of benzene rings is 1. The van der Waals surface area contributed by atoms with E-state index in [1.807, 2.05) is 12.1 Å². The van der Waals surface area contributed by atoms with Gasteiger partial charge in [0, 0.05) is 18.7 Å². The zero-order valence-corrected chi connectivity index (χ0v) is 20.9. The van der Waals surface area contributed by atoms with E-state index in [0.717, 1.165) is 31.2 Å². The maximum absolute atomic E-state index is 13.8. The first-order chi connectivity index (χ1) is 17.3. The van der Waals surface area contributed by atoms with E-state index in [1.165, 1.54) is 10.7 Å². The average Bonchev–Trinajstić information content (AvgIpc) is 3.50. The quantitative estimate of drug-likeness (QED) is 0.612. The van der Waals surface area contributed by atoms with Crippen molar-refractivity contribution in [3.63, 3.8) is 0 Å². The highest BCUT2D eigenvalue weighted by atomic mass is 16.7. The molecule has 10 heteroatoms. The molecule has 0 bridgehead atoms. The summed E-state index contributed by atoms with van der Waals surface area (Å²) in [6, 6.07) is 6.99. The first-order valence-corrected chi connectivity index (χ1v) is 12.5. The Kier molecular flexibility index (Phi) is 6.36. The Bertz CT molecular complexity index is 1190. The molecule has 2 aromatic rings. The zero-order chi connectivity index (χ0) is 25.4. The van der Waals surface area contributed by atoms with E-state index in [9.17, 15) is 14.4 Å². The number of hydrogen-bond acceptors (Lipinski definition) is 7. The molecule has 1 aromatic heterocycles. The SMILES string of the molecule is CCOC(=O)c1cc2n(n1)C[C@@](C)(C(=O)NC1CCC(C)CC1)N(Cc1ccc3c(c1)OCO3)C2=O. The van der Waals surface area contributed by atoms with E-state index >= 15 is 0 Å². The molecule has 1 saturated carbocycles. The molecule has 0 saturated heterocycles. The van der Waals surface area contributed by atoms with Crippen molar-refractivity contribution >= 4 is 17.8 Å². The summed E-state index contributed by atoms with van der Waals surface area (Å²) in [6.45, 7) is 6.34. The van der Waals surface area contributed by atoms with E-state index in [-0.39, 0.29) is 55.7 Å². The fourth-order valence-corrected chi connectivity index (χ4v) is 5.16. The molecule has 1 fully saturated rings. The van der Waals surface area contributed by atoms with Crippen LogP contribution >= 0.6 is 0 Å². The fraction of sp³-hybridized carbons (Fsp3) is 0.538. The molecule has 1 aliphatic carbocycles. The molecule has 2 aliphatic heterocycles. The van der Waals surface area contributed by atoms with E-state index in [1.54, 1.807) is 24.8 Å². The highest BCUT2D eigenvalue weighted by Crippen LogP contribution is 2.35. The highest BCUT2D eigenvalue weighted by Gasteiger charge is 2.48. The van der Waals surface area contributed by atoms with Crippen LogP contribution in [-0.2, 0) is 22.6 Å². The number of aromatic nitrogens is 2. The summed E-state index contributed by atoms with van der Waals surface area (Å²) in [4.78, 5) is 41.4. The predicted octanol–water partition coefficient (Wildman–Crippen LogP) is 2.90. The van der Waals surface area contributed by atoms with Crippen LogP contribution in [0.4, 0.5) is 0 Å². The Morgan fingerprint density at radius 2 is 1.92 bits per heavy atom. The van der Waals surface area contributed by atoms with Gasteiger partial charge in [0.1, 0.15) is 11.2 Å². The zero-order valence-electron chi connectivity index (χ0n) is 20.9. The summed E-state index contributed by atoms with van der Waals surface area (Å²) in [5.74, 6) is 0.700. The molecule has 1 aromatic carbocycles. The number of nitrogens with zero attached hydrogens (tertiary/aromatic N) is 3. The van der Waals surface area contributed by atoms with Crippen molar-refractivity contribution in [2.75, 3.05) is 13.4 Å². The number of rotatable bonds is 6. The Morgan fingerprint density at radius 1 is 1.17 bits per heavy atom. The van der Waals surface area contributed by atoms with Crippen LogP contribution in [0.15, 0.2) is 24.3 Å². The van der Waals surface area contributed by atoms with Gasteiger partial charge in [-0.05, 0) is 63.1 Å². The molecular weight excluding hydrogens is 464 g/mol. The van der Waals surface area contributed by atoms with Crippen LogP contribution in [0.1, 0.15) is 73.0 Å². The lowest BCUT2D eigenvalue weighted by Gasteiger charge is -2.44. The van der Waals surface area contributed by atoms with Gasteiger partial charge in [-0.3, -0.25) is 14.3 Å². The second-order valence-electron chi connectivity index (χ2n) is 10.1. The summed E-state index contributed by atoms with van der Waals surface area (Å²) in [5, 5.41) is 7.52. The minimum Gasteiger partial charge on any atom is -0.461 e. The molecule has 10 nitrogen and oxygen atoms in total. The van der Waals surface area contributed by atoms with Crippen molar-refractivity contribution in [1.82, 2.24) is 20.0 Å². The Morgan fingerprint density at radius 3 is 2.67 bits per heavy atom. The summed E-state index contributed by atoms with van der Waals surface area (Å²) in [7, 11) is 0. The number of nitrogens with one attached hydrogen (secondary N) is 1. The number of hydrogen-bond donors (Lipinski definition) is 1. The number of esters is 1. The molecule has 192 valence electrons. The third-order valence-corrected chi connectivity index (χ3v) is 7.40. The van der Waals surface area contributed by atoms with E-state index in [4.69, 9.17) is 14.2 Å². The number of amides is 2. The monoisotopic (exact) mass is 496 g/mol. The van der Waals surface area contributed by atoms with Gasteiger partial charge in [-0.1, -0.05) is 13.0 Å². The van der Waals surface area contributed by atoms with Gasteiger partial charge in [-0.2, -0.15) is 5.10 Å². The lowest BCUT2D eigenvalue weighted by molar-refractivity contribution is -0.134. The maximum atomic E-state index is 13.8. The van der Waals surface area contributed by atoms with Gasteiger partial charge in [0.05, 0.1) is 13.2 Å². The van der Waals surface area contributed by atoms with Gasteiger partial charge in [0.25, 0.3) is 5.91 Å². The van der Waals surface area contributed by atoms with Gasteiger partial charge < -0.3 is 24.4 Å². The normalized spacial score (nSPS) is 24.9. The lowest BCUT2D eigenvalue weighted by Crippen LogP contribution is -2.64. The summed E-state index contributed by atoms with van der Waals surface area (Å²) >= 11 is 0. The number of fused-ring (bicyclic) bond motifs is 2. The number of ether oxygens (including phenoxy) is 3. The smallest absolute Gasteiger partial charge is 0.358 e. The van der Waals surface area contributed by atoms with Gasteiger partial charge in [-0.25, -0.2) is 4.79 Å². The van der Waals surface area contributed by atoms with Crippen LogP contribution in [0.25, 0.3) is 0 Å². The Balaban J connectivity index is 1.46. The van der Waals surface area contributed by atoms with Gasteiger partial charge in [0.15, 0.2) is 17.2 Å². The Hall–Kier alpha value is -3.56. The third kappa shape index (κ3) is 4.40. The maximum Gasteiger partial charge on any atom is 0.358 e. The highest BCUT2D eigenvalue weighted by molar-refractivity contribution is 6.01. The first kappa shape index (κ1) is 24.1. The summed E-state index contributed by atoms with van der Waals surface area (Å²) in [6.07, 6.45) is 3.96. The van der Waals surface area contributed by atoms with Gasteiger partial charge in [0.2, 0.25) is 12.7 Å². The molecule has 5 rings (SSSR count). The largest absolute Gasteiger partial charge is 0.461 e. The van der Waals surface area contributed by atoms with Crippen molar-refractivity contribution in [2.24, 2.45) is 5.92 Å². The molecule has 1 atom stereocenters. The molecule has 3 aliphatic rings. The molecule has 3 heterocycles. The average molecular weight is 497 g/mol. The number of carbonyl (C=O) groups is 3. The topological polar surface area (TPSA) is 112 Å². The molecular formula is C26H32N4O6. The van der Waals surface area contributed by atoms with Crippen molar-refractivity contribution in [3.05, 3.63) is 41.2 Å². The molecule has 0 unspecified atom stereocenters. The summed E-state index contributed by atoms with van der Waals surface area (Å²) < 4.78 is 17.4. The van der Waals surface area contributed by atoms with E-state index < -0.39 is 11.5 Å². The minimum atomic E-state index is -1.22. The van der Waals surface area contributed by atoms with Crippen LogP contribution in [-0.4, -0.2) is 57.4 Å². The van der Waals surface area contributed by atoms with Gasteiger partial charge in [-0.15, -0.1) is 0 Å². The van der Waals surface area contributed by atoms with Crippen LogP contribution in [0.5, 0.6) is 11.5 Å². The fourth-order valence-electron chi connectivity index (χ4n) is 5.16. The van der Waals surface area contributed by atoms with Crippen molar-refractivity contribution < 1.29 is 28.6 Å². The Labute approximate surface area is 209 Å². The van der Waals surface area contributed by atoms with Gasteiger partial charge >= 0.3 is 5.97 Å². The minimum absolute atomic E-state index is 0.0501. The van der Waals surface area contributed by atoms with Crippen LogP contribution in [0.2, 0.25) is 0 Å². The van der Waals surface area contributed by atoms with Crippen molar-refractivity contribution in [3.8, 4) is 11.5 Å². The first-order valence-electron chi connectivity index (χ1n) is 12.5. The standard InChI is InChI=1S/C26H32N4O6/c1-4-34-24(32)19-12-20-23(31)29(13-17-7-10-21-22(11-17)36-15-35-21)26(3,14-30(20)28-19)25(33)27-18-8-5-16(2)6-9-18/h7,10-12,16,18H,4-6,8-9,13-15H2,1-3H3,(H,27,33)/t16?,18?,26-/m0/s1. The second kappa shape index (κ2) is 9.48. The van der Waals surface area contributed by atoms with Crippen LogP contribution in [0.3, 0.4) is 0 Å². The van der Waals surface area contributed by atoms with E-state index in [2.05, 4.69) is 17.3 Å². The molecule has 36 heavy (non-hydrogen) atoms. The molecule has 2 amide bonds. The second-order valence-corrected chi connectivity index (χ2v) is 10.1.